The first-order valence-corrected chi connectivity index (χ1v) is 28.4. The largest absolute Gasteiger partial charge is 0.228 e. The van der Waals surface area contributed by atoms with Gasteiger partial charge in [-0.1, -0.05) is 139 Å². The summed E-state index contributed by atoms with van der Waals surface area (Å²) in [6.07, 6.45) is 0. The summed E-state index contributed by atoms with van der Waals surface area (Å²) in [6.45, 7) is 25.3. The highest BCUT2D eigenvalue weighted by atomic mass is 32.2. The molecule has 0 saturated carbocycles. The van der Waals surface area contributed by atoms with Gasteiger partial charge in [-0.25, -0.2) is 38.1 Å². The van der Waals surface area contributed by atoms with Gasteiger partial charge in [0.1, 0.15) is 5.82 Å². The van der Waals surface area contributed by atoms with Crippen LogP contribution in [0.15, 0.2) is 84.9 Å². The third kappa shape index (κ3) is 25.7. The van der Waals surface area contributed by atoms with Crippen molar-refractivity contribution in [1.29, 1.82) is 0 Å². The van der Waals surface area contributed by atoms with Crippen molar-refractivity contribution in [3.05, 3.63) is 141 Å². The number of halogens is 1. The van der Waals surface area contributed by atoms with E-state index in [0.717, 1.165) is 33.4 Å². The van der Waals surface area contributed by atoms with E-state index in [2.05, 4.69) is 0 Å². The van der Waals surface area contributed by atoms with E-state index in [4.69, 9.17) is 0 Å². The minimum absolute atomic E-state index is 0.00847. The number of benzene rings is 4. The van der Waals surface area contributed by atoms with Crippen LogP contribution in [0, 0.1) is 64.1 Å². The fraction of sp³-hybridized carbons (Fsp3) is 0.510. The second-order valence-corrected chi connectivity index (χ2v) is 26.7. The number of aryl methyl sites for hydroxylation is 5. The third-order valence-electron chi connectivity index (χ3n) is 8.95. The maximum Gasteiger partial charge on any atom is 0.154 e. The zero-order valence-corrected chi connectivity index (χ0v) is 42.6. The molecule has 62 heavy (non-hydrogen) atoms. The van der Waals surface area contributed by atoms with Crippen LogP contribution in [0.1, 0.15) is 105 Å². The molecule has 0 saturated heterocycles. The van der Waals surface area contributed by atoms with Crippen molar-refractivity contribution in [3.63, 3.8) is 0 Å². The van der Waals surface area contributed by atoms with Gasteiger partial charge in [0.25, 0.3) is 0 Å². The van der Waals surface area contributed by atoms with E-state index in [0.29, 0.717) is 5.56 Å². The third-order valence-corrected chi connectivity index (χ3v) is 16.7. The molecule has 0 aliphatic heterocycles. The molecule has 4 rings (SSSR count). The molecule has 0 radical (unpaired) electrons. The molecule has 13 heteroatoms. The number of hydrogen-bond donors (Lipinski definition) is 0. The summed E-state index contributed by atoms with van der Waals surface area (Å²) in [4.78, 5) is 0. The van der Waals surface area contributed by atoms with Crippen LogP contribution in [-0.4, -0.2) is 56.7 Å². The predicted octanol–water partition coefficient (Wildman–Crippen LogP) is 10.7. The Morgan fingerprint density at radius 2 is 0.774 bits per heavy atom. The Kier molecular flexibility index (Phi) is 23.6. The van der Waals surface area contributed by atoms with Gasteiger partial charge in [-0.15, -0.1) is 0 Å². The van der Waals surface area contributed by atoms with Crippen molar-refractivity contribution < 1.29 is 38.1 Å². The molecule has 0 unspecified atom stereocenters. The highest BCUT2D eigenvalue weighted by Gasteiger charge is 2.17. The fourth-order valence-electron chi connectivity index (χ4n) is 6.55. The summed E-state index contributed by atoms with van der Waals surface area (Å²) in [7, 11) is -12.0. The summed E-state index contributed by atoms with van der Waals surface area (Å²) in [5.74, 6) is 1.79. The van der Waals surface area contributed by atoms with E-state index in [1.54, 1.807) is 0 Å². The van der Waals surface area contributed by atoms with E-state index in [-0.39, 0.29) is 75.5 Å². The molecule has 0 spiro atoms. The van der Waals surface area contributed by atoms with Crippen LogP contribution in [0.5, 0.6) is 0 Å². The summed E-state index contributed by atoms with van der Waals surface area (Å²) in [5.41, 5.74) is 9.02. The van der Waals surface area contributed by atoms with Crippen molar-refractivity contribution in [1.82, 2.24) is 0 Å². The van der Waals surface area contributed by atoms with Gasteiger partial charge in [-0.3, -0.25) is 0 Å². The Balaban J connectivity index is 0.000000414. The number of rotatable bonds is 16. The second kappa shape index (κ2) is 25.8. The molecule has 0 aromatic heterocycles. The molecule has 0 bridgehead atoms. The topological polar surface area (TPSA) is 137 Å². The zero-order valence-electron chi connectivity index (χ0n) is 39.3. The van der Waals surface area contributed by atoms with Crippen LogP contribution in [-0.2, 0) is 62.4 Å². The molecule has 0 atom stereocenters. The molecule has 4 aromatic rings. The Hall–Kier alpha value is -3.39. The highest BCUT2D eigenvalue weighted by molar-refractivity contribution is 7.91. The predicted molar refractivity (Wildman–Crippen MR) is 259 cm³/mol. The van der Waals surface area contributed by atoms with Gasteiger partial charge < -0.3 is 0 Å². The quantitative estimate of drug-likeness (QED) is 0.108. The normalized spacial score (nSPS) is 12.0. The lowest BCUT2D eigenvalue weighted by molar-refractivity contribution is 0.579. The van der Waals surface area contributed by atoms with E-state index in [1.165, 1.54) is 35.4 Å². The Morgan fingerprint density at radius 3 is 1.18 bits per heavy atom. The van der Waals surface area contributed by atoms with Crippen LogP contribution in [0.4, 0.5) is 4.39 Å². The summed E-state index contributed by atoms with van der Waals surface area (Å²) in [5, 5.41) is 0. The SMILES string of the molecule is CC(C)CS(=O)(=O)Cc1ccc(F)cc1.Cc1ccc(CS(=O)(=O)CC(C)C)c(C)c1.Cc1ccc(CS(=O)(=O)CC(C)C)cc1C.Cc1cccc(CS(=O)(=O)CC(C)C)c1. The Bertz CT molecular complexity index is 2440. The Morgan fingerprint density at radius 1 is 0.387 bits per heavy atom. The lowest BCUT2D eigenvalue weighted by Gasteiger charge is -2.09. The minimum atomic E-state index is -3.07. The molecule has 4 aromatic carbocycles. The first-order chi connectivity index (χ1) is 28.4. The van der Waals surface area contributed by atoms with Crippen LogP contribution in [0.3, 0.4) is 0 Å². The molecule has 0 aliphatic carbocycles. The van der Waals surface area contributed by atoms with Gasteiger partial charge in [0.2, 0.25) is 0 Å². The first-order valence-electron chi connectivity index (χ1n) is 21.1. The van der Waals surface area contributed by atoms with Gasteiger partial charge >= 0.3 is 0 Å². The molecule has 0 aliphatic rings. The number of hydrogen-bond acceptors (Lipinski definition) is 8. The Labute approximate surface area is 375 Å². The standard InChI is InChI=1S/2C13H20O2S.C12H18O2S.C11H15FO2S/c1-10(2)8-16(14,15)9-13-6-5-11(3)12(4)7-13;1-10(2)8-16(14,15)9-13-6-5-11(3)7-12(13)4;1-10(2)8-15(13,14)9-12-6-4-5-11(3)7-12;1-9(2)7-15(13,14)8-10-3-5-11(12)6-4-10/h2*5-7,10H,8-9H2,1-4H3;4-7,10H,8-9H2,1-3H3;3-6,9H,7-8H2,1-2H3. The van der Waals surface area contributed by atoms with Crippen LogP contribution in [0.2, 0.25) is 0 Å². The van der Waals surface area contributed by atoms with E-state index in [9.17, 15) is 38.1 Å². The second-order valence-electron chi connectivity index (χ2n) is 18.3. The highest BCUT2D eigenvalue weighted by Crippen LogP contribution is 2.17. The molecular formula is C49H73FO8S4. The summed E-state index contributed by atoms with van der Waals surface area (Å²) < 4.78 is 107. The van der Waals surface area contributed by atoms with Gasteiger partial charge in [-0.05, 0) is 109 Å². The van der Waals surface area contributed by atoms with Crippen molar-refractivity contribution >= 4 is 39.3 Å². The first kappa shape index (κ1) is 56.6. The maximum absolute atomic E-state index is 12.6. The van der Waals surface area contributed by atoms with Crippen LogP contribution in [0.25, 0.3) is 0 Å². The molecule has 8 nitrogen and oxygen atoms in total. The van der Waals surface area contributed by atoms with Gasteiger partial charge in [0, 0.05) is 0 Å². The smallest absolute Gasteiger partial charge is 0.154 e. The van der Waals surface area contributed by atoms with Crippen LogP contribution < -0.4 is 0 Å². The summed E-state index contributed by atoms with van der Waals surface area (Å²) >= 11 is 0. The lowest BCUT2D eigenvalue weighted by atomic mass is 10.1. The maximum atomic E-state index is 12.6. The summed E-state index contributed by atoms with van der Waals surface area (Å²) in [6, 6.07) is 25.0. The minimum Gasteiger partial charge on any atom is -0.228 e. The van der Waals surface area contributed by atoms with Crippen LogP contribution >= 0.6 is 0 Å². The molecule has 348 valence electrons. The molecule has 0 fully saturated rings. The van der Waals surface area contributed by atoms with Crippen molar-refractivity contribution in [2.75, 3.05) is 23.0 Å². The average molecular weight is 937 g/mol. The van der Waals surface area contributed by atoms with E-state index < -0.39 is 39.3 Å². The fourth-order valence-corrected chi connectivity index (χ4v) is 14.0. The van der Waals surface area contributed by atoms with Crippen molar-refractivity contribution in [2.45, 2.75) is 113 Å². The molecular weight excluding hydrogens is 864 g/mol. The molecule has 0 N–H and O–H groups in total. The van der Waals surface area contributed by atoms with Crippen molar-refractivity contribution in [3.8, 4) is 0 Å². The zero-order chi connectivity index (χ0) is 47.6. The number of sulfone groups is 4. The van der Waals surface area contributed by atoms with Gasteiger partial charge in [-0.2, -0.15) is 0 Å². The average Bonchev–Trinajstić information content (AvgIpc) is 3.07. The monoisotopic (exact) mass is 936 g/mol. The lowest BCUT2D eigenvalue weighted by Crippen LogP contribution is -2.14. The molecule has 0 heterocycles. The van der Waals surface area contributed by atoms with Crippen molar-refractivity contribution in [2.24, 2.45) is 23.7 Å². The van der Waals surface area contributed by atoms with Gasteiger partial charge in [0.05, 0.1) is 46.0 Å². The van der Waals surface area contributed by atoms with E-state index in [1.807, 2.05) is 151 Å². The molecule has 0 amide bonds. The van der Waals surface area contributed by atoms with Gasteiger partial charge in [0.15, 0.2) is 39.3 Å². The van der Waals surface area contributed by atoms with E-state index >= 15 is 0 Å².